The maximum Gasteiger partial charge on any atom is 0.198 e. The van der Waals surface area contributed by atoms with E-state index in [0.29, 0.717) is 46.7 Å². The fourth-order valence-electron chi connectivity index (χ4n) is 3.37. The number of benzene rings is 2. The van der Waals surface area contributed by atoms with Crippen LogP contribution in [0.3, 0.4) is 0 Å². The number of hydrogen-bond donors (Lipinski definition) is 2. The Balaban J connectivity index is 1.96. The molecule has 28 heavy (non-hydrogen) atoms. The second-order valence-corrected chi connectivity index (χ2v) is 7.57. The number of anilines is 2. The van der Waals surface area contributed by atoms with Gasteiger partial charge >= 0.3 is 0 Å². The maximum atomic E-state index is 13.4. The van der Waals surface area contributed by atoms with Crippen molar-refractivity contribution in [2.75, 3.05) is 65.0 Å². The van der Waals surface area contributed by atoms with Crippen molar-refractivity contribution >= 4 is 22.9 Å². The van der Waals surface area contributed by atoms with Crippen molar-refractivity contribution in [1.29, 1.82) is 0 Å². The SMILES string of the molecule is CN(C)CCNc1cccc2c1C(=O)c1c(NCCN(C)C)cccc1C2=O. The number of hydrogen-bond acceptors (Lipinski definition) is 6. The third kappa shape index (κ3) is 4.08. The summed E-state index contributed by atoms with van der Waals surface area (Å²) in [4.78, 5) is 30.7. The fraction of sp³-hybridized carbons (Fsp3) is 0.364. The Labute approximate surface area is 166 Å². The van der Waals surface area contributed by atoms with Crippen LogP contribution in [0.2, 0.25) is 0 Å². The second kappa shape index (κ2) is 8.54. The third-order valence-corrected chi connectivity index (χ3v) is 4.82. The van der Waals surface area contributed by atoms with Crippen LogP contribution in [0.5, 0.6) is 0 Å². The molecule has 0 radical (unpaired) electrons. The average molecular weight is 380 g/mol. The minimum absolute atomic E-state index is 0.0999. The zero-order valence-corrected chi connectivity index (χ0v) is 17.0. The van der Waals surface area contributed by atoms with E-state index in [1.807, 2.05) is 52.5 Å². The standard InChI is InChI=1S/C22H28N4O2/c1-25(2)13-11-23-17-9-5-7-15-19(17)22(28)20-16(21(15)27)8-6-10-18(20)24-12-14-26(3)4/h5-10,23-24H,11-14H2,1-4H3. The van der Waals surface area contributed by atoms with Crippen molar-refractivity contribution in [3.8, 4) is 0 Å². The lowest BCUT2D eigenvalue weighted by Crippen LogP contribution is -2.27. The number of rotatable bonds is 8. The topological polar surface area (TPSA) is 64.7 Å². The third-order valence-electron chi connectivity index (χ3n) is 4.82. The van der Waals surface area contributed by atoms with Gasteiger partial charge in [-0.05, 0) is 40.3 Å². The maximum absolute atomic E-state index is 13.4. The van der Waals surface area contributed by atoms with Crippen LogP contribution in [0, 0.1) is 0 Å². The highest BCUT2D eigenvalue weighted by molar-refractivity contribution is 6.31. The van der Waals surface area contributed by atoms with Crippen LogP contribution in [0.15, 0.2) is 36.4 Å². The minimum atomic E-state index is -0.106. The minimum Gasteiger partial charge on any atom is -0.383 e. The molecule has 2 N–H and O–H groups in total. The number of carbonyl (C=O) groups excluding carboxylic acids is 2. The van der Waals surface area contributed by atoms with Gasteiger partial charge in [-0.1, -0.05) is 24.3 Å². The number of likely N-dealkylation sites (N-methyl/N-ethyl adjacent to an activating group) is 2. The molecule has 0 saturated carbocycles. The summed E-state index contributed by atoms with van der Waals surface area (Å²) in [6.45, 7) is 3.06. The van der Waals surface area contributed by atoms with Gasteiger partial charge in [0, 0.05) is 48.7 Å². The Hall–Kier alpha value is -2.70. The lowest BCUT2D eigenvalue weighted by atomic mass is 9.82. The van der Waals surface area contributed by atoms with Crippen molar-refractivity contribution in [2.45, 2.75) is 0 Å². The molecule has 0 heterocycles. The van der Waals surface area contributed by atoms with Crippen LogP contribution in [-0.4, -0.2) is 75.7 Å². The molecule has 6 nitrogen and oxygen atoms in total. The molecule has 0 fully saturated rings. The van der Waals surface area contributed by atoms with Gasteiger partial charge in [0.15, 0.2) is 11.6 Å². The molecule has 0 bridgehead atoms. The van der Waals surface area contributed by atoms with Gasteiger partial charge in [-0.15, -0.1) is 0 Å². The van der Waals surface area contributed by atoms with Gasteiger partial charge in [0.05, 0.1) is 11.1 Å². The average Bonchev–Trinajstić information content (AvgIpc) is 2.65. The van der Waals surface area contributed by atoms with Crippen LogP contribution in [0.4, 0.5) is 11.4 Å². The van der Waals surface area contributed by atoms with Gasteiger partial charge in [-0.25, -0.2) is 0 Å². The van der Waals surface area contributed by atoms with Crippen LogP contribution in [0.1, 0.15) is 31.8 Å². The van der Waals surface area contributed by atoms with E-state index in [0.717, 1.165) is 13.1 Å². The molecule has 0 aliphatic heterocycles. The zero-order valence-electron chi connectivity index (χ0n) is 17.0. The van der Waals surface area contributed by atoms with E-state index in [-0.39, 0.29) is 11.6 Å². The normalized spacial score (nSPS) is 12.9. The summed E-state index contributed by atoms with van der Waals surface area (Å²) in [5.41, 5.74) is 3.31. The Morgan fingerprint density at radius 2 is 1.11 bits per heavy atom. The van der Waals surface area contributed by atoms with Crippen molar-refractivity contribution in [1.82, 2.24) is 9.80 Å². The first kappa shape index (κ1) is 20.0. The van der Waals surface area contributed by atoms with Crippen LogP contribution in [0.25, 0.3) is 0 Å². The highest BCUT2D eigenvalue weighted by atomic mass is 16.1. The van der Waals surface area contributed by atoms with Crippen molar-refractivity contribution in [3.05, 3.63) is 58.7 Å². The van der Waals surface area contributed by atoms with E-state index in [4.69, 9.17) is 0 Å². The Morgan fingerprint density at radius 3 is 1.50 bits per heavy atom. The molecule has 0 saturated heterocycles. The summed E-state index contributed by atoms with van der Waals surface area (Å²) in [5, 5.41) is 6.64. The predicted molar refractivity (Wildman–Crippen MR) is 114 cm³/mol. The summed E-state index contributed by atoms with van der Waals surface area (Å²) >= 11 is 0. The number of carbonyl (C=O) groups is 2. The largest absolute Gasteiger partial charge is 0.383 e. The lowest BCUT2D eigenvalue weighted by Gasteiger charge is -2.23. The Bertz CT molecular complexity index is 821. The first-order valence-corrected chi connectivity index (χ1v) is 9.52. The highest BCUT2D eigenvalue weighted by Gasteiger charge is 2.33. The predicted octanol–water partition coefficient (Wildman–Crippen LogP) is 2.41. The molecule has 1 aliphatic rings. The van der Waals surface area contributed by atoms with Crippen LogP contribution in [-0.2, 0) is 0 Å². The molecule has 0 amide bonds. The van der Waals surface area contributed by atoms with E-state index >= 15 is 0 Å². The monoisotopic (exact) mass is 380 g/mol. The Kier molecular flexibility index (Phi) is 6.11. The molecule has 2 aromatic rings. The van der Waals surface area contributed by atoms with Gasteiger partial charge < -0.3 is 20.4 Å². The lowest BCUT2D eigenvalue weighted by molar-refractivity contribution is 0.0980. The van der Waals surface area contributed by atoms with Gasteiger partial charge in [-0.2, -0.15) is 0 Å². The first-order chi connectivity index (χ1) is 13.4. The summed E-state index contributed by atoms with van der Waals surface area (Å²) in [6, 6.07) is 10.9. The summed E-state index contributed by atoms with van der Waals surface area (Å²) < 4.78 is 0. The number of nitrogens with one attached hydrogen (secondary N) is 2. The second-order valence-electron chi connectivity index (χ2n) is 7.57. The molecule has 0 unspecified atom stereocenters. The molecule has 2 aromatic carbocycles. The first-order valence-electron chi connectivity index (χ1n) is 9.52. The highest BCUT2D eigenvalue weighted by Crippen LogP contribution is 2.35. The van der Waals surface area contributed by atoms with Crippen molar-refractivity contribution in [2.24, 2.45) is 0 Å². The molecule has 6 heteroatoms. The van der Waals surface area contributed by atoms with E-state index in [1.165, 1.54) is 0 Å². The molecule has 0 aromatic heterocycles. The summed E-state index contributed by atoms with van der Waals surface area (Å²) in [6.07, 6.45) is 0. The van der Waals surface area contributed by atoms with E-state index < -0.39 is 0 Å². The molecule has 3 rings (SSSR count). The molecular weight excluding hydrogens is 352 g/mol. The molecule has 148 valence electrons. The molecule has 0 atom stereocenters. The zero-order chi connectivity index (χ0) is 20.3. The number of fused-ring (bicyclic) bond motifs is 2. The van der Waals surface area contributed by atoms with Gasteiger partial charge in [0.1, 0.15) is 0 Å². The van der Waals surface area contributed by atoms with Gasteiger partial charge in [0.25, 0.3) is 0 Å². The van der Waals surface area contributed by atoms with E-state index in [2.05, 4.69) is 20.4 Å². The van der Waals surface area contributed by atoms with E-state index in [1.54, 1.807) is 12.1 Å². The Morgan fingerprint density at radius 1 is 0.679 bits per heavy atom. The van der Waals surface area contributed by atoms with Gasteiger partial charge in [0.2, 0.25) is 0 Å². The van der Waals surface area contributed by atoms with E-state index in [9.17, 15) is 9.59 Å². The number of nitrogens with zero attached hydrogens (tertiary/aromatic N) is 2. The molecule has 1 aliphatic carbocycles. The van der Waals surface area contributed by atoms with Crippen molar-refractivity contribution in [3.63, 3.8) is 0 Å². The summed E-state index contributed by atoms with van der Waals surface area (Å²) in [5.74, 6) is -0.206. The summed E-state index contributed by atoms with van der Waals surface area (Å²) in [7, 11) is 8.00. The quantitative estimate of drug-likeness (QED) is 0.626. The smallest absolute Gasteiger partial charge is 0.198 e. The fourth-order valence-corrected chi connectivity index (χ4v) is 3.37. The van der Waals surface area contributed by atoms with Crippen LogP contribution < -0.4 is 10.6 Å². The van der Waals surface area contributed by atoms with Crippen LogP contribution >= 0.6 is 0 Å². The number of ketones is 2. The van der Waals surface area contributed by atoms with Crippen molar-refractivity contribution < 1.29 is 9.59 Å². The van der Waals surface area contributed by atoms with Gasteiger partial charge in [-0.3, -0.25) is 9.59 Å². The molecule has 0 spiro atoms. The molecular formula is C22H28N4O2.